The van der Waals surface area contributed by atoms with Crippen LogP contribution in [0.4, 0.5) is 14.6 Å². The summed E-state index contributed by atoms with van der Waals surface area (Å²) in [7, 11) is 3.15. The number of nitrogens with zero attached hydrogens (tertiary/aromatic N) is 2. The first kappa shape index (κ1) is 23.4. The Balaban J connectivity index is 0.000000191. The van der Waals surface area contributed by atoms with E-state index < -0.39 is 5.82 Å². The molecule has 4 nitrogen and oxygen atoms in total. The minimum absolute atomic E-state index is 0.0920. The molecule has 0 radical (unpaired) electrons. The number of fused-ring (bicyclic) bond motifs is 2. The number of nitrogens with two attached hydrogens (primary N) is 1. The van der Waals surface area contributed by atoms with Crippen LogP contribution in [0.3, 0.4) is 0 Å². The fraction of sp³-hybridized carbons (Fsp3) is 0.100. The molecule has 2 aromatic carbocycles. The molecular weight excluding hydrogens is 530 g/mol. The Hall–Kier alpha value is -1.87. The Kier molecular flexibility index (Phi) is 8.70. The van der Waals surface area contributed by atoms with Gasteiger partial charge in [-0.3, -0.25) is 0 Å². The van der Waals surface area contributed by atoms with Gasteiger partial charge in [0.2, 0.25) is 0 Å². The molecule has 3 N–H and O–H groups in total. The van der Waals surface area contributed by atoms with Crippen molar-refractivity contribution in [2.45, 2.75) is 0 Å². The first-order valence-electron chi connectivity index (χ1n) is 8.30. The molecule has 152 valence electrons. The smallest absolute Gasteiger partial charge is 0.166 e. The van der Waals surface area contributed by atoms with E-state index in [9.17, 15) is 8.78 Å². The summed E-state index contributed by atoms with van der Waals surface area (Å²) in [5.41, 5.74) is 5.95. The van der Waals surface area contributed by atoms with Gasteiger partial charge in [-0.1, -0.05) is 55.6 Å². The van der Waals surface area contributed by atoms with E-state index in [0.29, 0.717) is 5.52 Å². The lowest BCUT2D eigenvalue weighted by molar-refractivity contribution is 0.625. The third-order valence-corrected chi connectivity index (χ3v) is 4.91. The van der Waals surface area contributed by atoms with Crippen LogP contribution >= 0.6 is 43.5 Å². The Morgan fingerprint density at radius 1 is 0.828 bits per heavy atom. The third kappa shape index (κ3) is 6.05. The number of hydrogen-bond acceptors (Lipinski definition) is 4. The maximum atomic E-state index is 13.3. The zero-order chi connectivity index (χ0) is 21.6. The van der Waals surface area contributed by atoms with E-state index in [0.717, 1.165) is 25.2 Å². The van der Waals surface area contributed by atoms with Crippen LogP contribution in [0.2, 0.25) is 5.15 Å². The Bertz CT molecular complexity index is 1140. The van der Waals surface area contributed by atoms with Crippen molar-refractivity contribution in [1.82, 2.24) is 9.97 Å². The number of pyridine rings is 2. The second-order valence-electron chi connectivity index (χ2n) is 5.50. The monoisotopic (exact) mass is 544 g/mol. The van der Waals surface area contributed by atoms with Gasteiger partial charge < -0.3 is 11.1 Å². The van der Waals surface area contributed by atoms with Gasteiger partial charge in [0.25, 0.3) is 0 Å². The zero-order valence-corrected chi connectivity index (χ0v) is 19.4. The van der Waals surface area contributed by atoms with Crippen molar-refractivity contribution in [3.8, 4) is 0 Å². The van der Waals surface area contributed by atoms with E-state index in [-0.39, 0.29) is 16.8 Å². The summed E-state index contributed by atoms with van der Waals surface area (Å²) in [6.45, 7) is 0. The van der Waals surface area contributed by atoms with Crippen molar-refractivity contribution in [3.05, 3.63) is 74.3 Å². The molecule has 2 heterocycles. The number of nitrogens with one attached hydrogen (secondary N) is 1. The highest BCUT2D eigenvalue weighted by atomic mass is 79.9. The summed E-state index contributed by atoms with van der Waals surface area (Å²) >= 11 is 12.2. The van der Waals surface area contributed by atoms with Gasteiger partial charge in [-0.2, -0.15) is 0 Å². The normalized spacial score (nSPS) is 10.1. The topological polar surface area (TPSA) is 63.8 Å². The van der Waals surface area contributed by atoms with E-state index in [1.54, 1.807) is 19.2 Å². The van der Waals surface area contributed by atoms with Crippen LogP contribution in [0.5, 0.6) is 0 Å². The fourth-order valence-electron chi connectivity index (χ4n) is 2.38. The van der Waals surface area contributed by atoms with Gasteiger partial charge in [0, 0.05) is 26.8 Å². The third-order valence-electron chi connectivity index (χ3n) is 3.66. The number of benzene rings is 2. The van der Waals surface area contributed by atoms with Crippen LogP contribution in [0.25, 0.3) is 21.8 Å². The Morgan fingerprint density at radius 2 is 1.31 bits per heavy atom. The predicted octanol–water partition coefficient (Wildman–Crippen LogP) is 6.54. The van der Waals surface area contributed by atoms with Gasteiger partial charge >= 0.3 is 0 Å². The first-order chi connectivity index (χ1) is 13.9. The molecule has 0 aliphatic heterocycles. The molecule has 0 spiro atoms. The quantitative estimate of drug-likeness (QED) is 0.266. The van der Waals surface area contributed by atoms with Crippen LogP contribution in [0.15, 0.2) is 57.5 Å². The SMILES string of the molecule is CN.CNc1nc2cc(Br)ccc2cc1F.Fc1cc2ccc(Br)cc2nc1Cl. The average Bonchev–Trinajstić information content (AvgIpc) is 2.71. The van der Waals surface area contributed by atoms with Crippen molar-refractivity contribution < 1.29 is 8.78 Å². The van der Waals surface area contributed by atoms with Crippen LogP contribution in [-0.4, -0.2) is 24.1 Å². The molecular formula is C20H17Br2ClF2N4. The van der Waals surface area contributed by atoms with E-state index in [1.807, 2.05) is 24.3 Å². The molecule has 0 saturated heterocycles. The fourth-order valence-corrected chi connectivity index (χ4v) is 3.22. The van der Waals surface area contributed by atoms with Crippen molar-refractivity contribution in [3.63, 3.8) is 0 Å². The summed E-state index contributed by atoms with van der Waals surface area (Å²) in [6, 6.07) is 13.8. The van der Waals surface area contributed by atoms with Crippen LogP contribution in [0.1, 0.15) is 0 Å². The van der Waals surface area contributed by atoms with Gasteiger partial charge in [0.15, 0.2) is 22.6 Å². The summed E-state index contributed by atoms with van der Waals surface area (Å²) in [4.78, 5) is 8.03. The van der Waals surface area contributed by atoms with E-state index in [4.69, 9.17) is 11.6 Å². The molecule has 4 rings (SSSR count). The average molecular weight is 547 g/mol. The number of anilines is 1. The van der Waals surface area contributed by atoms with Gasteiger partial charge in [0.05, 0.1) is 11.0 Å². The highest BCUT2D eigenvalue weighted by Crippen LogP contribution is 2.23. The summed E-state index contributed by atoms with van der Waals surface area (Å²) < 4.78 is 28.1. The highest BCUT2D eigenvalue weighted by molar-refractivity contribution is 9.10. The largest absolute Gasteiger partial charge is 0.371 e. The maximum absolute atomic E-state index is 13.3. The molecule has 0 amide bonds. The summed E-state index contributed by atoms with van der Waals surface area (Å²) in [5.74, 6) is -0.547. The molecule has 9 heteroatoms. The number of aromatic nitrogens is 2. The van der Waals surface area contributed by atoms with Crippen molar-refractivity contribution >= 4 is 71.1 Å². The van der Waals surface area contributed by atoms with E-state index >= 15 is 0 Å². The standard InChI is InChI=1S/C10H8BrFN2.C9H4BrClFN.CH5N/c1-13-10-8(12)4-6-2-3-7(11)5-9(6)14-10;10-6-2-1-5-3-7(12)9(11)13-8(5)4-6;1-2/h2-5H,1H3,(H,13,14);1-4H;2H2,1H3. The predicted molar refractivity (Wildman–Crippen MR) is 123 cm³/mol. The van der Waals surface area contributed by atoms with Crippen molar-refractivity contribution in [1.29, 1.82) is 0 Å². The Labute approximate surface area is 188 Å². The van der Waals surface area contributed by atoms with E-state index in [1.165, 1.54) is 19.2 Å². The molecule has 0 aliphatic rings. The van der Waals surface area contributed by atoms with Crippen LogP contribution in [0, 0.1) is 11.6 Å². The zero-order valence-electron chi connectivity index (χ0n) is 15.5. The van der Waals surface area contributed by atoms with Crippen LogP contribution < -0.4 is 11.1 Å². The van der Waals surface area contributed by atoms with Gasteiger partial charge in [-0.15, -0.1) is 0 Å². The number of hydrogen-bond donors (Lipinski definition) is 2. The minimum atomic E-state index is -0.489. The number of halogens is 5. The second kappa shape index (κ2) is 10.8. The van der Waals surface area contributed by atoms with Crippen LogP contribution in [-0.2, 0) is 0 Å². The molecule has 0 fully saturated rings. The molecule has 4 aromatic rings. The molecule has 0 bridgehead atoms. The minimum Gasteiger partial charge on any atom is -0.371 e. The van der Waals surface area contributed by atoms with Gasteiger partial charge in [0.1, 0.15) is 0 Å². The lowest BCUT2D eigenvalue weighted by Crippen LogP contribution is -1.96. The molecule has 0 saturated carbocycles. The first-order valence-corrected chi connectivity index (χ1v) is 10.3. The lowest BCUT2D eigenvalue weighted by atomic mass is 10.2. The molecule has 0 unspecified atom stereocenters. The maximum Gasteiger partial charge on any atom is 0.166 e. The van der Waals surface area contributed by atoms with Gasteiger partial charge in [-0.05, 0) is 43.4 Å². The Morgan fingerprint density at radius 3 is 1.83 bits per heavy atom. The summed E-state index contributed by atoms with van der Waals surface area (Å²) in [5, 5.41) is 4.15. The van der Waals surface area contributed by atoms with Crippen molar-refractivity contribution in [2.75, 3.05) is 19.4 Å². The molecule has 2 aromatic heterocycles. The van der Waals surface area contributed by atoms with Crippen molar-refractivity contribution in [2.24, 2.45) is 5.73 Å². The van der Waals surface area contributed by atoms with Gasteiger partial charge in [-0.25, -0.2) is 18.7 Å². The molecule has 29 heavy (non-hydrogen) atoms. The molecule has 0 aliphatic carbocycles. The summed E-state index contributed by atoms with van der Waals surface area (Å²) in [6.07, 6.45) is 0. The lowest BCUT2D eigenvalue weighted by Gasteiger charge is -2.03. The number of rotatable bonds is 1. The second-order valence-corrected chi connectivity index (χ2v) is 7.69. The van der Waals surface area contributed by atoms with E-state index in [2.05, 4.69) is 52.9 Å². The molecule has 0 atom stereocenters. The highest BCUT2D eigenvalue weighted by Gasteiger charge is 2.05.